The van der Waals surface area contributed by atoms with Crippen LogP contribution in [0.4, 0.5) is 5.82 Å². The highest BCUT2D eigenvalue weighted by atomic mass is 16.5. The van der Waals surface area contributed by atoms with E-state index in [0.29, 0.717) is 5.92 Å². The standard InChI is InChI=1S/C15H27N3O/c1-6-8-13-14(16-9-7-2)17-10-18-15(13)19-12(5)11(3)4/h10-12H,6-9H2,1-5H3,(H,16,17,18). The maximum Gasteiger partial charge on any atom is 0.222 e. The van der Waals surface area contributed by atoms with Crippen molar-refractivity contribution < 1.29 is 4.74 Å². The first kappa shape index (κ1) is 15.7. The molecule has 1 aromatic rings. The summed E-state index contributed by atoms with van der Waals surface area (Å²) < 4.78 is 5.99. The van der Waals surface area contributed by atoms with Crippen LogP contribution in [0.3, 0.4) is 0 Å². The lowest BCUT2D eigenvalue weighted by Crippen LogP contribution is -2.20. The number of hydrogen-bond acceptors (Lipinski definition) is 4. The van der Waals surface area contributed by atoms with Crippen molar-refractivity contribution in [2.24, 2.45) is 5.92 Å². The van der Waals surface area contributed by atoms with Gasteiger partial charge in [0.25, 0.3) is 0 Å². The summed E-state index contributed by atoms with van der Waals surface area (Å²) >= 11 is 0. The maximum atomic E-state index is 5.99. The predicted molar refractivity (Wildman–Crippen MR) is 79.7 cm³/mol. The minimum atomic E-state index is 0.157. The van der Waals surface area contributed by atoms with E-state index in [-0.39, 0.29) is 6.10 Å². The summed E-state index contributed by atoms with van der Waals surface area (Å²) in [6, 6.07) is 0. The highest BCUT2D eigenvalue weighted by molar-refractivity contribution is 5.48. The van der Waals surface area contributed by atoms with Gasteiger partial charge < -0.3 is 10.1 Å². The fourth-order valence-corrected chi connectivity index (χ4v) is 1.68. The molecule has 0 aliphatic rings. The topological polar surface area (TPSA) is 47.0 Å². The van der Waals surface area contributed by atoms with Gasteiger partial charge in [0, 0.05) is 6.54 Å². The molecule has 1 atom stereocenters. The van der Waals surface area contributed by atoms with E-state index in [1.165, 1.54) is 0 Å². The SMILES string of the molecule is CCCNc1ncnc(OC(C)C(C)C)c1CCC. The number of anilines is 1. The molecule has 0 fully saturated rings. The van der Waals surface area contributed by atoms with Gasteiger partial charge in [-0.05, 0) is 25.7 Å². The van der Waals surface area contributed by atoms with Crippen LogP contribution in [0.25, 0.3) is 0 Å². The Bertz CT molecular complexity index is 380. The zero-order valence-electron chi connectivity index (χ0n) is 12.9. The van der Waals surface area contributed by atoms with Crippen molar-refractivity contribution in [3.63, 3.8) is 0 Å². The molecule has 0 amide bonds. The van der Waals surface area contributed by atoms with Crippen molar-refractivity contribution in [3.05, 3.63) is 11.9 Å². The summed E-state index contributed by atoms with van der Waals surface area (Å²) in [4.78, 5) is 8.66. The third kappa shape index (κ3) is 4.69. The van der Waals surface area contributed by atoms with Crippen LogP contribution in [0.15, 0.2) is 6.33 Å². The monoisotopic (exact) mass is 265 g/mol. The fraction of sp³-hybridized carbons (Fsp3) is 0.733. The molecule has 4 nitrogen and oxygen atoms in total. The number of nitrogens with one attached hydrogen (secondary N) is 1. The lowest BCUT2D eigenvalue weighted by molar-refractivity contribution is 0.161. The lowest BCUT2D eigenvalue weighted by Gasteiger charge is -2.20. The Kier molecular flexibility index (Phi) is 6.60. The van der Waals surface area contributed by atoms with Crippen LogP contribution < -0.4 is 10.1 Å². The molecule has 0 aliphatic carbocycles. The van der Waals surface area contributed by atoms with Gasteiger partial charge in [-0.25, -0.2) is 9.97 Å². The van der Waals surface area contributed by atoms with Gasteiger partial charge in [-0.15, -0.1) is 0 Å². The van der Waals surface area contributed by atoms with Crippen LogP contribution in [0.1, 0.15) is 53.0 Å². The van der Waals surface area contributed by atoms with Crippen molar-refractivity contribution in [1.82, 2.24) is 9.97 Å². The molecular formula is C15H27N3O. The van der Waals surface area contributed by atoms with Gasteiger partial charge in [0.15, 0.2) is 0 Å². The smallest absolute Gasteiger partial charge is 0.222 e. The van der Waals surface area contributed by atoms with Crippen LogP contribution in [0, 0.1) is 5.92 Å². The van der Waals surface area contributed by atoms with Crippen LogP contribution in [0.2, 0.25) is 0 Å². The van der Waals surface area contributed by atoms with E-state index in [2.05, 4.69) is 49.9 Å². The summed E-state index contributed by atoms with van der Waals surface area (Å²) in [7, 11) is 0. The van der Waals surface area contributed by atoms with E-state index < -0.39 is 0 Å². The second kappa shape index (κ2) is 7.97. The minimum Gasteiger partial charge on any atom is -0.474 e. The molecule has 1 heterocycles. The van der Waals surface area contributed by atoms with Gasteiger partial charge in [0.1, 0.15) is 12.1 Å². The van der Waals surface area contributed by atoms with E-state index in [9.17, 15) is 0 Å². The summed E-state index contributed by atoms with van der Waals surface area (Å²) in [5.74, 6) is 2.12. The highest BCUT2D eigenvalue weighted by Crippen LogP contribution is 2.25. The Labute approximate surface area is 117 Å². The second-order valence-electron chi connectivity index (χ2n) is 5.25. The van der Waals surface area contributed by atoms with Crippen LogP contribution in [0.5, 0.6) is 5.88 Å². The Hall–Kier alpha value is -1.32. The first-order valence-electron chi connectivity index (χ1n) is 7.34. The highest BCUT2D eigenvalue weighted by Gasteiger charge is 2.16. The Balaban J connectivity index is 2.94. The Morgan fingerprint density at radius 2 is 1.89 bits per heavy atom. The minimum absolute atomic E-state index is 0.157. The normalized spacial score (nSPS) is 12.5. The van der Waals surface area contributed by atoms with Gasteiger partial charge in [-0.1, -0.05) is 34.1 Å². The zero-order valence-corrected chi connectivity index (χ0v) is 12.9. The number of nitrogens with zero attached hydrogens (tertiary/aromatic N) is 2. The molecule has 0 aliphatic heterocycles. The molecular weight excluding hydrogens is 238 g/mol. The number of hydrogen-bond donors (Lipinski definition) is 1. The molecule has 0 aromatic carbocycles. The molecule has 0 radical (unpaired) electrons. The zero-order chi connectivity index (χ0) is 14.3. The van der Waals surface area contributed by atoms with E-state index in [0.717, 1.165) is 43.1 Å². The summed E-state index contributed by atoms with van der Waals surface area (Å²) in [5.41, 5.74) is 1.10. The third-order valence-corrected chi connectivity index (χ3v) is 3.18. The molecule has 108 valence electrons. The summed E-state index contributed by atoms with van der Waals surface area (Å²) in [6.07, 6.45) is 4.81. The molecule has 0 spiro atoms. The fourth-order valence-electron chi connectivity index (χ4n) is 1.68. The van der Waals surface area contributed by atoms with E-state index in [1.807, 2.05) is 0 Å². The van der Waals surface area contributed by atoms with Gasteiger partial charge in [-0.3, -0.25) is 0 Å². The number of rotatable bonds is 8. The van der Waals surface area contributed by atoms with Gasteiger partial charge >= 0.3 is 0 Å². The summed E-state index contributed by atoms with van der Waals surface area (Å²) in [6.45, 7) is 11.6. The molecule has 4 heteroatoms. The molecule has 1 unspecified atom stereocenters. The van der Waals surface area contributed by atoms with E-state index >= 15 is 0 Å². The molecule has 19 heavy (non-hydrogen) atoms. The average molecular weight is 265 g/mol. The first-order chi connectivity index (χ1) is 9.10. The predicted octanol–water partition coefficient (Wildman–Crippen LogP) is 3.67. The molecule has 0 saturated heterocycles. The van der Waals surface area contributed by atoms with Crippen molar-refractivity contribution in [1.29, 1.82) is 0 Å². The molecule has 1 N–H and O–H groups in total. The second-order valence-corrected chi connectivity index (χ2v) is 5.25. The van der Waals surface area contributed by atoms with Crippen LogP contribution in [-0.2, 0) is 6.42 Å². The summed E-state index contributed by atoms with van der Waals surface area (Å²) in [5, 5.41) is 3.36. The maximum absolute atomic E-state index is 5.99. The number of ether oxygens (including phenoxy) is 1. The van der Waals surface area contributed by atoms with Crippen molar-refractivity contribution in [2.75, 3.05) is 11.9 Å². The molecule has 1 rings (SSSR count). The molecule has 1 aromatic heterocycles. The third-order valence-electron chi connectivity index (χ3n) is 3.18. The largest absolute Gasteiger partial charge is 0.474 e. The quantitative estimate of drug-likeness (QED) is 0.779. The van der Waals surface area contributed by atoms with Gasteiger partial charge in [0.2, 0.25) is 5.88 Å². The number of aromatic nitrogens is 2. The van der Waals surface area contributed by atoms with E-state index in [1.54, 1.807) is 6.33 Å². The average Bonchev–Trinajstić information content (AvgIpc) is 2.39. The van der Waals surface area contributed by atoms with Crippen LogP contribution >= 0.6 is 0 Å². The van der Waals surface area contributed by atoms with E-state index in [4.69, 9.17) is 4.74 Å². The first-order valence-corrected chi connectivity index (χ1v) is 7.34. The Morgan fingerprint density at radius 3 is 2.47 bits per heavy atom. The van der Waals surface area contributed by atoms with Gasteiger partial charge in [-0.2, -0.15) is 0 Å². The van der Waals surface area contributed by atoms with Crippen LogP contribution in [-0.4, -0.2) is 22.6 Å². The molecule has 0 saturated carbocycles. The lowest BCUT2D eigenvalue weighted by atomic mass is 10.1. The Morgan fingerprint density at radius 1 is 1.16 bits per heavy atom. The van der Waals surface area contributed by atoms with Crippen molar-refractivity contribution in [2.45, 2.75) is 60.0 Å². The molecule has 0 bridgehead atoms. The van der Waals surface area contributed by atoms with Crippen molar-refractivity contribution >= 4 is 5.82 Å². The van der Waals surface area contributed by atoms with Crippen molar-refractivity contribution in [3.8, 4) is 5.88 Å². The van der Waals surface area contributed by atoms with Gasteiger partial charge in [0.05, 0.1) is 11.7 Å².